The van der Waals surface area contributed by atoms with Gasteiger partial charge in [0.15, 0.2) is 5.78 Å². The quantitative estimate of drug-likeness (QED) is 0.659. The molecule has 0 saturated carbocycles. The van der Waals surface area contributed by atoms with Crippen LogP contribution in [0.4, 0.5) is 0 Å². The van der Waals surface area contributed by atoms with Gasteiger partial charge in [0.05, 0.1) is 20.4 Å². The van der Waals surface area contributed by atoms with Crippen molar-refractivity contribution in [2.75, 3.05) is 0 Å². The Labute approximate surface area is 83.1 Å². The molecular weight excluding hydrogens is 238 g/mol. The summed E-state index contributed by atoms with van der Waals surface area (Å²) in [4.78, 5) is 16.9. The van der Waals surface area contributed by atoms with Crippen LogP contribution in [0, 0.1) is 6.92 Å². The molecule has 0 radical (unpaired) electrons. The van der Waals surface area contributed by atoms with Crippen LogP contribution in [0.5, 0.6) is 0 Å². The molecule has 1 heterocycles. The summed E-state index contributed by atoms with van der Waals surface area (Å²) in [6, 6.07) is 0. The molecule has 0 N–H and O–H groups in total. The van der Waals surface area contributed by atoms with Crippen LogP contribution in [0.15, 0.2) is 0 Å². The molecular formula is C8H8BrNOS. The second kappa shape index (κ2) is 2.92. The average Bonchev–Trinajstić information content (AvgIpc) is 2.41. The molecule has 1 atom stereocenters. The van der Waals surface area contributed by atoms with Crippen molar-refractivity contribution in [2.45, 2.75) is 24.6 Å². The van der Waals surface area contributed by atoms with E-state index in [0.717, 1.165) is 22.0 Å². The second-order valence-corrected chi connectivity index (χ2v) is 5.19. The van der Waals surface area contributed by atoms with E-state index in [4.69, 9.17) is 0 Å². The van der Waals surface area contributed by atoms with E-state index in [0.29, 0.717) is 6.42 Å². The van der Waals surface area contributed by atoms with Crippen molar-refractivity contribution in [2.24, 2.45) is 0 Å². The number of aromatic nitrogens is 1. The first kappa shape index (κ1) is 8.38. The number of ketones is 1. The van der Waals surface area contributed by atoms with Crippen molar-refractivity contribution < 1.29 is 4.79 Å². The van der Waals surface area contributed by atoms with Crippen LogP contribution in [-0.2, 0) is 0 Å². The number of fused-ring (bicyclic) bond motifs is 1. The number of nitrogens with zero attached hydrogens (tertiary/aromatic N) is 1. The molecule has 1 aliphatic carbocycles. The molecule has 64 valence electrons. The number of aryl methyl sites for hydroxylation is 1. The van der Waals surface area contributed by atoms with Crippen molar-refractivity contribution in [3.05, 3.63) is 15.6 Å². The number of halogens is 1. The highest BCUT2D eigenvalue weighted by atomic mass is 79.9. The first-order chi connectivity index (χ1) is 5.68. The lowest BCUT2D eigenvalue weighted by Gasteiger charge is -2.13. The van der Waals surface area contributed by atoms with Crippen LogP contribution in [0.3, 0.4) is 0 Å². The average molecular weight is 246 g/mol. The van der Waals surface area contributed by atoms with E-state index in [-0.39, 0.29) is 10.6 Å². The monoisotopic (exact) mass is 245 g/mol. The molecule has 0 saturated heterocycles. The minimum atomic E-state index is 0.256. The van der Waals surface area contributed by atoms with Crippen LogP contribution in [-0.4, -0.2) is 10.8 Å². The molecule has 1 unspecified atom stereocenters. The Morgan fingerprint density at radius 2 is 2.42 bits per heavy atom. The summed E-state index contributed by atoms with van der Waals surface area (Å²) in [5.41, 5.74) is 0.953. The van der Waals surface area contributed by atoms with Crippen molar-refractivity contribution in [1.29, 1.82) is 0 Å². The third-order valence-corrected chi connectivity index (χ3v) is 3.85. The maximum absolute atomic E-state index is 11.4. The van der Waals surface area contributed by atoms with Gasteiger partial charge in [-0.3, -0.25) is 4.79 Å². The summed E-state index contributed by atoms with van der Waals surface area (Å²) in [5, 5.41) is 0.986. The summed E-state index contributed by atoms with van der Waals surface area (Å²) < 4.78 is 0. The van der Waals surface area contributed by atoms with Crippen LogP contribution in [0.2, 0.25) is 0 Å². The third kappa shape index (κ3) is 1.23. The summed E-state index contributed by atoms with van der Waals surface area (Å²) in [6.07, 6.45) is 1.54. The van der Waals surface area contributed by atoms with E-state index in [9.17, 15) is 4.79 Å². The van der Waals surface area contributed by atoms with Gasteiger partial charge in [0.1, 0.15) is 0 Å². The van der Waals surface area contributed by atoms with E-state index >= 15 is 0 Å². The summed E-state index contributed by atoms with van der Waals surface area (Å²) >= 11 is 5.03. The zero-order chi connectivity index (χ0) is 8.72. The highest BCUT2D eigenvalue weighted by molar-refractivity contribution is 9.09. The van der Waals surface area contributed by atoms with Crippen LogP contribution in [0.25, 0.3) is 0 Å². The fourth-order valence-corrected chi connectivity index (χ4v) is 3.02. The van der Waals surface area contributed by atoms with Gasteiger partial charge < -0.3 is 0 Å². The van der Waals surface area contributed by atoms with Crippen LogP contribution in [0.1, 0.15) is 38.0 Å². The molecule has 1 aromatic heterocycles. The Morgan fingerprint density at radius 3 is 3.08 bits per heavy atom. The Bertz CT molecular complexity index is 334. The molecule has 4 heteroatoms. The number of carbonyl (C=O) groups is 1. The number of thiazole rings is 1. The normalized spacial score (nSPS) is 22.5. The zero-order valence-electron chi connectivity index (χ0n) is 6.63. The molecule has 0 fully saturated rings. The van der Waals surface area contributed by atoms with E-state index in [1.165, 1.54) is 11.3 Å². The molecule has 0 amide bonds. The van der Waals surface area contributed by atoms with Gasteiger partial charge in [-0.25, -0.2) is 4.98 Å². The van der Waals surface area contributed by atoms with Crippen molar-refractivity contribution >= 4 is 33.0 Å². The van der Waals surface area contributed by atoms with Gasteiger partial charge in [0, 0.05) is 6.42 Å². The van der Waals surface area contributed by atoms with Gasteiger partial charge >= 0.3 is 0 Å². The number of alkyl halides is 1. The van der Waals surface area contributed by atoms with E-state index < -0.39 is 0 Å². The Hall–Kier alpha value is -0.220. The Kier molecular flexibility index (Phi) is 2.04. The fraction of sp³-hybridized carbons (Fsp3) is 0.500. The lowest BCUT2D eigenvalue weighted by Crippen LogP contribution is -2.09. The maximum atomic E-state index is 11.4. The fourth-order valence-electron chi connectivity index (χ4n) is 1.36. The lowest BCUT2D eigenvalue weighted by atomic mass is 10.0. The molecule has 2 rings (SSSR count). The number of carbonyl (C=O) groups excluding carboxylic acids is 1. The lowest BCUT2D eigenvalue weighted by molar-refractivity contribution is 0.0976. The third-order valence-electron chi connectivity index (χ3n) is 1.94. The predicted octanol–water partition coefficient (Wildman–Crippen LogP) is 2.86. The van der Waals surface area contributed by atoms with Gasteiger partial charge in [-0.1, -0.05) is 15.9 Å². The standard InChI is InChI=1S/C8H8BrNOS/c1-4-10-7-5(9)2-3-6(11)8(7)12-4/h5H,2-3H2,1H3. The molecule has 0 aliphatic heterocycles. The Morgan fingerprint density at radius 1 is 1.67 bits per heavy atom. The maximum Gasteiger partial charge on any atom is 0.174 e. The molecule has 1 aliphatic rings. The molecule has 12 heavy (non-hydrogen) atoms. The first-order valence-electron chi connectivity index (χ1n) is 3.83. The van der Waals surface area contributed by atoms with Gasteiger partial charge in [-0.15, -0.1) is 11.3 Å². The smallest absolute Gasteiger partial charge is 0.174 e. The molecule has 2 nitrogen and oxygen atoms in total. The Balaban J connectivity index is 2.54. The predicted molar refractivity (Wildman–Crippen MR) is 52.1 cm³/mol. The van der Waals surface area contributed by atoms with E-state index in [1.807, 2.05) is 6.92 Å². The highest BCUT2D eigenvalue weighted by Crippen LogP contribution is 2.37. The van der Waals surface area contributed by atoms with E-state index in [2.05, 4.69) is 20.9 Å². The largest absolute Gasteiger partial charge is 0.293 e. The topological polar surface area (TPSA) is 30.0 Å². The number of hydrogen-bond donors (Lipinski definition) is 0. The molecule has 1 aromatic rings. The van der Waals surface area contributed by atoms with Gasteiger partial charge in [0.25, 0.3) is 0 Å². The zero-order valence-corrected chi connectivity index (χ0v) is 9.04. The highest BCUT2D eigenvalue weighted by Gasteiger charge is 2.27. The SMILES string of the molecule is Cc1nc2c(s1)C(=O)CCC2Br. The van der Waals surface area contributed by atoms with E-state index in [1.54, 1.807) is 0 Å². The van der Waals surface area contributed by atoms with Gasteiger partial charge in [-0.05, 0) is 13.3 Å². The summed E-state index contributed by atoms with van der Waals surface area (Å²) in [7, 11) is 0. The minimum Gasteiger partial charge on any atom is -0.293 e. The number of hydrogen-bond acceptors (Lipinski definition) is 3. The molecule has 0 bridgehead atoms. The second-order valence-electron chi connectivity index (χ2n) is 2.88. The summed E-state index contributed by atoms with van der Waals surface area (Å²) in [5.74, 6) is 0.256. The number of Topliss-reactive ketones (excluding diaryl/α,β-unsaturated/α-hetero) is 1. The van der Waals surface area contributed by atoms with Crippen molar-refractivity contribution in [1.82, 2.24) is 4.98 Å². The first-order valence-corrected chi connectivity index (χ1v) is 5.56. The molecule has 0 aromatic carbocycles. The van der Waals surface area contributed by atoms with Crippen molar-refractivity contribution in [3.8, 4) is 0 Å². The minimum absolute atomic E-state index is 0.256. The summed E-state index contributed by atoms with van der Waals surface area (Å²) in [6.45, 7) is 1.94. The van der Waals surface area contributed by atoms with Gasteiger partial charge in [0.2, 0.25) is 0 Å². The van der Waals surface area contributed by atoms with Crippen LogP contribution < -0.4 is 0 Å². The number of rotatable bonds is 0. The van der Waals surface area contributed by atoms with Gasteiger partial charge in [-0.2, -0.15) is 0 Å². The molecule has 0 spiro atoms. The van der Waals surface area contributed by atoms with Crippen LogP contribution >= 0.6 is 27.3 Å². The van der Waals surface area contributed by atoms with Crippen molar-refractivity contribution in [3.63, 3.8) is 0 Å².